The molecular formula is C16H20N4O2. The van der Waals surface area contributed by atoms with Crippen molar-refractivity contribution in [3.05, 3.63) is 46.8 Å². The molecule has 2 heterocycles. The van der Waals surface area contributed by atoms with Crippen molar-refractivity contribution in [1.82, 2.24) is 14.9 Å². The Morgan fingerprint density at radius 3 is 2.77 bits per heavy atom. The van der Waals surface area contributed by atoms with Crippen LogP contribution in [-0.4, -0.2) is 54.3 Å². The molecule has 0 atom stereocenters. The van der Waals surface area contributed by atoms with Crippen LogP contribution in [0.5, 0.6) is 0 Å². The molecule has 6 nitrogen and oxygen atoms in total. The van der Waals surface area contributed by atoms with Crippen molar-refractivity contribution in [2.75, 3.05) is 44.7 Å². The molecule has 0 radical (unpaired) electrons. The highest BCUT2D eigenvalue weighted by atomic mass is 16.5. The van der Waals surface area contributed by atoms with Crippen LogP contribution in [0.4, 0.5) is 5.95 Å². The van der Waals surface area contributed by atoms with Crippen molar-refractivity contribution >= 4 is 5.95 Å². The molecule has 1 aromatic heterocycles. The zero-order chi connectivity index (χ0) is 15.2. The Balaban J connectivity index is 1.64. The summed E-state index contributed by atoms with van der Waals surface area (Å²) in [5.41, 5.74) is 1.46. The van der Waals surface area contributed by atoms with Crippen molar-refractivity contribution in [2.45, 2.75) is 0 Å². The number of anilines is 1. The van der Waals surface area contributed by atoms with E-state index in [1.165, 1.54) is 6.07 Å². The van der Waals surface area contributed by atoms with Crippen LogP contribution in [0.2, 0.25) is 0 Å². The van der Waals surface area contributed by atoms with Gasteiger partial charge in [-0.1, -0.05) is 30.3 Å². The average molecular weight is 300 g/mol. The lowest BCUT2D eigenvalue weighted by Gasteiger charge is -2.26. The largest absolute Gasteiger partial charge is 0.379 e. The molecule has 0 bridgehead atoms. The second kappa shape index (κ2) is 7.20. The highest BCUT2D eigenvalue weighted by Gasteiger charge is 2.09. The molecule has 0 spiro atoms. The van der Waals surface area contributed by atoms with Gasteiger partial charge in [0.2, 0.25) is 5.95 Å². The maximum atomic E-state index is 11.8. The first-order valence-electron chi connectivity index (χ1n) is 7.52. The number of H-pyrrole nitrogens is 1. The molecule has 2 aromatic rings. The molecule has 1 aliphatic rings. The minimum Gasteiger partial charge on any atom is -0.379 e. The molecular weight excluding hydrogens is 280 g/mol. The molecule has 1 saturated heterocycles. The molecule has 1 fully saturated rings. The van der Waals surface area contributed by atoms with Gasteiger partial charge in [0.15, 0.2) is 0 Å². The summed E-state index contributed by atoms with van der Waals surface area (Å²) in [6.45, 7) is 5.13. The highest BCUT2D eigenvalue weighted by molar-refractivity contribution is 5.59. The first kappa shape index (κ1) is 14.7. The topological polar surface area (TPSA) is 70.2 Å². The fraction of sp³-hybridized carbons (Fsp3) is 0.375. The molecule has 3 rings (SSSR count). The number of morpholine rings is 1. The van der Waals surface area contributed by atoms with Gasteiger partial charge in [0.1, 0.15) is 0 Å². The lowest BCUT2D eigenvalue weighted by Crippen LogP contribution is -2.39. The van der Waals surface area contributed by atoms with Gasteiger partial charge < -0.3 is 10.1 Å². The van der Waals surface area contributed by atoms with Crippen molar-refractivity contribution < 1.29 is 4.74 Å². The summed E-state index contributed by atoms with van der Waals surface area (Å²) >= 11 is 0. The zero-order valence-corrected chi connectivity index (χ0v) is 12.4. The summed E-state index contributed by atoms with van der Waals surface area (Å²) in [6, 6.07) is 11.2. The molecule has 0 unspecified atom stereocenters. The second-order valence-corrected chi connectivity index (χ2v) is 5.23. The first-order valence-corrected chi connectivity index (χ1v) is 7.52. The van der Waals surface area contributed by atoms with Crippen LogP contribution in [0.1, 0.15) is 0 Å². The minimum atomic E-state index is -0.150. The lowest BCUT2D eigenvalue weighted by molar-refractivity contribution is 0.0398. The van der Waals surface area contributed by atoms with Gasteiger partial charge in [0.25, 0.3) is 5.56 Å². The number of aromatic nitrogens is 2. The molecule has 22 heavy (non-hydrogen) atoms. The van der Waals surface area contributed by atoms with E-state index in [2.05, 4.69) is 20.2 Å². The Bertz CT molecular complexity index is 651. The summed E-state index contributed by atoms with van der Waals surface area (Å²) in [5.74, 6) is 0.514. The van der Waals surface area contributed by atoms with Gasteiger partial charge in [-0.05, 0) is 0 Å². The summed E-state index contributed by atoms with van der Waals surface area (Å²) in [4.78, 5) is 21.3. The van der Waals surface area contributed by atoms with Crippen molar-refractivity contribution in [1.29, 1.82) is 0 Å². The molecule has 0 aliphatic carbocycles. The van der Waals surface area contributed by atoms with Crippen molar-refractivity contribution in [2.24, 2.45) is 0 Å². The minimum absolute atomic E-state index is 0.150. The van der Waals surface area contributed by atoms with Crippen LogP contribution in [0, 0.1) is 0 Å². The number of hydrogen-bond acceptors (Lipinski definition) is 5. The van der Waals surface area contributed by atoms with Gasteiger partial charge in [0.05, 0.1) is 18.9 Å². The van der Waals surface area contributed by atoms with E-state index in [9.17, 15) is 4.79 Å². The predicted molar refractivity (Wildman–Crippen MR) is 86.0 cm³/mol. The predicted octanol–water partition coefficient (Wildman–Crippen LogP) is 1.18. The maximum absolute atomic E-state index is 11.8. The van der Waals surface area contributed by atoms with Gasteiger partial charge in [-0.25, -0.2) is 4.98 Å². The van der Waals surface area contributed by atoms with Gasteiger partial charge in [-0.3, -0.25) is 14.7 Å². The third-order valence-corrected chi connectivity index (χ3v) is 3.64. The van der Waals surface area contributed by atoms with Crippen LogP contribution in [-0.2, 0) is 4.74 Å². The van der Waals surface area contributed by atoms with Crippen LogP contribution in [0.15, 0.2) is 41.2 Å². The molecule has 0 amide bonds. The number of ether oxygens (including phenoxy) is 1. The van der Waals surface area contributed by atoms with E-state index in [0.717, 1.165) is 45.0 Å². The lowest BCUT2D eigenvalue weighted by atomic mass is 10.1. The van der Waals surface area contributed by atoms with E-state index in [4.69, 9.17) is 4.74 Å². The monoisotopic (exact) mass is 300 g/mol. The Morgan fingerprint density at radius 1 is 1.23 bits per heavy atom. The summed E-state index contributed by atoms with van der Waals surface area (Å²) in [5, 5.41) is 3.19. The Labute approximate surface area is 129 Å². The number of nitrogens with zero attached hydrogens (tertiary/aromatic N) is 2. The van der Waals surface area contributed by atoms with Gasteiger partial charge in [0, 0.05) is 37.8 Å². The Hall–Kier alpha value is -2.18. The van der Waals surface area contributed by atoms with Crippen LogP contribution in [0.3, 0.4) is 0 Å². The normalized spacial score (nSPS) is 15.6. The molecule has 1 aliphatic heterocycles. The first-order chi connectivity index (χ1) is 10.8. The van der Waals surface area contributed by atoms with Crippen molar-refractivity contribution in [3.8, 4) is 11.3 Å². The van der Waals surface area contributed by atoms with Crippen LogP contribution in [0.25, 0.3) is 11.3 Å². The fourth-order valence-electron chi connectivity index (χ4n) is 2.46. The Morgan fingerprint density at radius 2 is 2.00 bits per heavy atom. The summed E-state index contributed by atoms with van der Waals surface area (Å²) in [7, 11) is 0. The van der Waals surface area contributed by atoms with Gasteiger partial charge in [-0.2, -0.15) is 0 Å². The van der Waals surface area contributed by atoms with E-state index >= 15 is 0 Å². The van der Waals surface area contributed by atoms with Crippen LogP contribution < -0.4 is 10.9 Å². The van der Waals surface area contributed by atoms with E-state index < -0.39 is 0 Å². The van der Waals surface area contributed by atoms with Crippen molar-refractivity contribution in [3.63, 3.8) is 0 Å². The Kier molecular flexibility index (Phi) is 4.82. The number of aromatic amines is 1. The van der Waals surface area contributed by atoms with E-state index in [-0.39, 0.29) is 5.56 Å². The van der Waals surface area contributed by atoms with E-state index in [0.29, 0.717) is 11.6 Å². The summed E-state index contributed by atoms with van der Waals surface area (Å²) < 4.78 is 5.32. The fourth-order valence-corrected chi connectivity index (χ4v) is 2.46. The maximum Gasteiger partial charge on any atom is 0.252 e. The van der Waals surface area contributed by atoms with Crippen LogP contribution >= 0.6 is 0 Å². The third-order valence-electron chi connectivity index (χ3n) is 3.64. The molecule has 2 N–H and O–H groups in total. The average Bonchev–Trinajstić information content (AvgIpc) is 2.56. The number of nitrogens with one attached hydrogen (secondary N) is 2. The molecule has 116 valence electrons. The standard InChI is InChI=1S/C16H20N4O2/c21-15-12-14(13-4-2-1-3-5-13)18-16(19-15)17-6-7-20-8-10-22-11-9-20/h1-5,12H,6-11H2,(H2,17,18,19,21). The summed E-state index contributed by atoms with van der Waals surface area (Å²) in [6.07, 6.45) is 0. The molecule has 0 saturated carbocycles. The van der Waals surface area contributed by atoms with Gasteiger partial charge >= 0.3 is 0 Å². The third kappa shape index (κ3) is 3.93. The number of rotatable bonds is 5. The van der Waals surface area contributed by atoms with E-state index in [1.807, 2.05) is 30.3 Å². The number of benzene rings is 1. The quantitative estimate of drug-likeness (QED) is 0.868. The highest BCUT2D eigenvalue weighted by Crippen LogP contribution is 2.15. The number of hydrogen-bond donors (Lipinski definition) is 2. The molecule has 6 heteroatoms. The second-order valence-electron chi connectivity index (χ2n) is 5.23. The zero-order valence-electron chi connectivity index (χ0n) is 12.4. The molecule has 1 aromatic carbocycles. The van der Waals surface area contributed by atoms with Gasteiger partial charge in [-0.15, -0.1) is 0 Å². The SMILES string of the molecule is O=c1cc(-c2ccccc2)nc(NCCN2CCOCC2)[nH]1. The van der Waals surface area contributed by atoms with E-state index in [1.54, 1.807) is 0 Å². The smallest absolute Gasteiger partial charge is 0.252 e.